The van der Waals surface area contributed by atoms with Crippen LogP contribution in [0.4, 0.5) is 0 Å². The number of hydrogen-bond acceptors (Lipinski definition) is 1. The van der Waals surface area contributed by atoms with Gasteiger partial charge >= 0.3 is 0 Å². The lowest BCUT2D eigenvalue weighted by molar-refractivity contribution is 0.419. The number of fused-ring (bicyclic) bond motifs is 5. The molecular formula is C17H17N3. The molecule has 0 atom stereocenters. The molecule has 2 aromatic carbocycles. The summed E-state index contributed by atoms with van der Waals surface area (Å²) in [7, 11) is 0. The van der Waals surface area contributed by atoms with Gasteiger partial charge in [-0.05, 0) is 44.9 Å². The molecule has 0 saturated carbocycles. The van der Waals surface area contributed by atoms with E-state index in [-0.39, 0.29) is 58.1 Å². The summed E-state index contributed by atoms with van der Waals surface area (Å²) in [5.41, 5.74) is -0.0771. The Morgan fingerprint density at radius 1 is 0.900 bits per heavy atom. The molecule has 2 aromatic heterocycles. The highest BCUT2D eigenvalue weighted by Gasteiger charge is 2.22. The Hall–Kier alpha value is -2.29. The van der Waals surface area contributed by atoms with Gasteiger partial charge in [0.2, 0.25) is 5.78 Å². The SMILES string of the molecule is [2H]c1c([2H])c([2H])c2c(nc3n(C(C)(C)C)c4c([2H])c([2H])c([2H])c([2H])c4n23)c1[2H]. The second kappa shape index (κ2) is 3.63. The fourth-order valence-electron chi connectivity index (χ4n) is 2.51. The average Bonchev–Trinajstić information content (AvgIpc) is 3.15. The molecule has 0 aliphatic carbocycles. The third-order valence-corrected chi connectivity index (χ3v) is 3.25. The summed E-state index contributed by atoms with van der Waals surface area (Å²) in [5.74, 6) is 0.247. The Morgan fingerprint density at radius 3 is 2.20 bits per heavy atom. The van der Waals surface area contributed by atoms with Crippen molar-refractivity contribution in [2.45, 2.75) is 26.3 Å². The summed E-state index contributed by atoms with van der Waals surface area (Å²) in [5, 5.41) is 0. The van der Waals surface area contributed by atoms with Gasteiger partial charge in [-0.1, -0.05) is 24.2 Å². The summed E-state index contributed by atoms with van der Waals surface area (Å²) in [6.07, 6.45) is 0. The molecule has 3 heteroatoms. The zero-order valence-electron chi connectivity index (χ0n) is 19.3. The van der Waals surface area contributed by atoms with E-state index >= 15 is 0 Å². The van der Waals surface area contributed by atoms with Crippen LogP contribution in [0.15, 0.2) is 48.3 Å². The second-order valence-electron chi connectivity index (χ2n) is 5.65. The number of rotatable bonds is 0. The van der Waals surface area contributed by atoms with E-state index in [0.717, 1.165) is 0 Å². The van der Waals surface area contributed by atoms with Crippen LogP contribution in [0.2, 0.25) is 0 Å². The normalized spacial score (nSPS) is 18.4. The molecule has 4 rings (SSSR count). The Bertz CT molecular complexity index is 1330. The van der Waals surface area contributed by atoms with Crippen LogP contribution >= 0.6 is 0 Å². The minimum Gasteiger partial charge on any atom is -0.304 e. The molecule has 0 fully saturated rings. The molecular weight excluding hydrogens is 246 g/mol. The lowest BCUT2D eigenvalue weighted by Crippen LogP contribution is -2.21. The lowest BCUT2D eigenvalue weighted by Gasteiger charge is -2.22. The predicted molar refractivity (Wildman–Crippen MR) is 83.2 cm³/mol. The van der Waals surface area contributed by atoms with Crippen molar-refractivity contribution in [2.24, 2.45) is 0 Å². The highest BCUT2D eigenvalue weighted by atomic mass is 15.2. The summed E-state index contributed by atoms with van der Waals surface area (Å²) in [6.45, 7) is 5.59. The molecule has 0 bridgehead atoms. The number of para-hydroxylation sites is 4. The van der Waals surface area contributed by atoms with Gasteiger partial charge in [0.1, 0.15) is 0 Å². The highest BCUT2D eigenvalue weighted by molar-refractivity contribution is 5.90. The molecule has 0 aliphatic rings. The molecule has 100 valence electrons. The Balaban J connectivity index is 2.48. The van der Waals surface area contributed by atoms with Crippen molar-refractivity contribution in [3.63, 3.8) is 0 Å². The first-order valence-corrected chi connectivity index (χ1v) is 6.29. The topological polar surface area (TPSA) is 22.2 Å². The summed E-state index contributed by atoms with van der Waals surface area (Å²) in [4.78, 5) is 4.45. The van der Waals surface area contributed by atoms with Gasteiger partial charge in [-0.3, -0.25) is 4.40 Å². The molecule has 0 saturated heterocycles. The van der Waals surface area contributed by atoms with E-state index in [2.05, 4.69) is 4.98 Å². The maximum Gasteiger partial charge on any atom is 0.216 e. The highest BCUT2D eigenvalue weighted by Crippen LogP contribution is 2.30. The maximum absolute atomic E-state index is 8.41. The van der Waals surface area contributed by atoms with Crippen LogP contribution in [0.3, 0.4) is 0 Å². The van der Waals surface area contributed by atoms with E-state index in [1.807, 2.05) is 20.8 Å². The minimum atomic E-state index is -0.624. The third kappa shape index (κ3) is 1.38. The summed E-state index contributed by atoms with van der Waals surface area (Å²) >= 11 is 0. The van der Waals surface area contributed by atoms with Crippen LogP contribution in [-0.4, -0.2) is 14.0 Å². The number of aromatic nitrogens is 3. The lowest BCUT2D eigenvalue weighted by atomic mass is 10.1. The predicted octanol–water partition coefficient (Wildman–Crippen LogP) is 4.20. The van der Waals surface area contributed by atoms with Gasteiger partial charge in [-0.25, -0.2) is 4.98 Å². The van der Waals surface area contributed by atoms with Crippen LogP contribution < -0.4 is 0 Å². The second-order valence-corrected chi connectivity index (χ2v) is 5.65. The molecule has 0 radical (unpaired) electrons. The maximum atomic E-state index is 8.41. The van der Waals surface area contributed by atoms with Crippen molar-refractivity contribution in [1.29, 1.82) is 0 Å². The number of benzene rings is 2. The Labute approximate surface area is 128 Å². The van der Waals surface area contributed by atoms with Gasteiger partial charge in [-0.2, -0.15) is 0 Å². The van der Waals surface area contributed by atoms with E-state index in [4.69, 9.17) is 11.0 Å². The molecule has 20 heavy (non-hydrogen) atoms. The van der Waals surface area contributed by atoms with Crippen LogP contribution in [0.1, 0.15) is 31.7 Å². The fraction of sp³-hybridized carbons (Fsp3) is 0.235. The van der Waals surface area contributed by atoms with Crippen molar-refractivity contribution < 1.29 is 11.0 Å². The van der Waals surface area contributed by atoms with E-state index in [0.29, 0.717) is 0 Å². The van der Waals surface area contributed by atoms with Crippen molar-refractivity contribution in [3.05, 3.63) is 48.3 Å². The van der Waals surface area contributed by atoms with Crippen molar-refractivity contribution in [1.82, 2.24) is 14.0 Å². The van der Waals surface area contributed by atoms with Gasteiger partial charge in [-0.15, -0.1) is 0 Å². The smallest absolute Gasteiger partial charge is 0.216 e. The van der Waals surface area contributed by atoms with Gasteiger partial charge in [0.25, 0.3) is 0 Å². The Morgan fingerprint density at radius 2 is 1.50 bits per heavy atom. The van der Waals surface area contributed by atoms with E-state index in [1.54, 1.807) is 4.57 Å². The zero-order chi connectivity index (χ0) is 20.9. The van der Waals surface area contributed by atoms with E-state index < -0.39 is 23.7 Å². The molecule has 2 heterocycles. The van der Waals surface area contributed by atoms with Gasteiger partial charge in [0.15, 0.2) is 0 Å². The molecule has 4 aromatic rings. The standard InChI is InChI=1S/C17H17N3/c1-17(2,3)20-15-11-7-6-10-14(15)19-13-9-5-4-8-12(13)18-16(19)20/h4-11H,1-3H3/i4D,5D,6D,7D,8D,9D,10D,11D. The number of nitrogens with zero attached hydrogens (tertiary/aromatic N) is 3. The summed E-state index contributed by atoms with van der Waals surface area (Å²) < 4.78 is 68.4. The number of hydrogen-bond donors (Lipinski definition) is 0. The van der Waals surface area contributed by atoms with Crippen LogP contribution in [0, 0.1) is 0 Å². The number of imidazole rings is 2. The molecule has 3 nitrogen and oxygen atoms in total. The first-order valence-electron chi connectivity index (χ1n) is 10.3. The first-order chi connectivity index (χ1) is 12.9. The van der Waals surface area contributed by atoms with Gasteiger partial charge in [0.05, 0.1) is 33.0 Å². The first kappa shape index (κ1) is 6.00. The Kier molecular flexibility index (Phi) is 1.09. The monoisotopic (exact) mass is 271 g/mol. The van der Waals surface area contributed by atoms with E-state index in [1.165, 1.54) is 4.40 Å². The zero-order valence-corrected chi connectivity index (χ0v) is 11.3. The van der Waals surface area contributed by atoms with Crippen LogP contribution in [-0.2, 0) is 5.54 Å². The minimum absolute atomic E-state index is 0.0633. The van der Waals surface area contributed by atoms with Crippen molar-refractivity contribution in [2.75, 3.05) is 0 Å². The van der Waals surface area contributed by atoms with Crippen LogP contribution in [0.5, 0.6) is 0 Å². The third-order valence-electron chi connectivity index (χ3n) is 3.25. The molecule has 0 aliphatic heterocycles. The van der Waals surface area contributed by atoms with Gasteiger partial charge in [0, 0.05) is 5.54 Å². The molecule has 0 amide bonds. The molecule has 0 spiro atoms. The largest absolute Gasteiger partial charge is 0.304 e. The summed E-state index contributed by atoms with van der Waals surface area (Å²) in [6, 6.07) is -2.68. The fourth-order valence-corrected chi connectivity index (χ4v) is 2.51. The molecule has 0 N–H and O–H groups in total. The van der Waals surface area contributed by atoms with Crippen molar-refractivity contribution in [3.8, 4) is 0 Å². The van der Waals surface area contributed by atoms with Gasteiger partial charge < -0.3 is 4.57 Å². The average molecular weight is 271 g/mol. The quantitative estimate of drug-likeness (QED) is 0.470. The van der Waals surface area contributed by atoms with Crippen molar-refractivity contribution >= 4 is 27.8 Å². The van der Waals surface area contributed by atoms with Crippen LogP contribution in [0.25, 0.3) is 27.8 Å². The molecule has 0 unspecified atom stereocenters. The van der Waals surface area contributed by atoms with E-state index in [9.17, 15) is 0 Å².